The first-order chi connectivity index (χ1) is 16.9. The molecular formula is C24H14Cl2F2N4O2S. The monoisotopic (exact) mass is 530 g/mol. The molecule has 6 nitrogen and oxygen atoms in total. The lowest BCUT2D eigenvalue weighted by Crippen LogP contribution is -2.25. The first-order valence-corrected chi connectivity index (χ1v) is 11.8. The Labute approximate surface area is 211 Å². The highest BCUT2D eigenvalue weighted by molar-refractivity contribution is 7.07. The lowest BCUT2D eigenvalue weighted by Gasteiger charge is -2.18. The molecule has 0 atom stereocenters. The SMILES string of the molecule is O=C1COc2ccc(-c3csc(=Nc4ccc(Cl)cc4Cl)n3N=Cc3ccc(F)c(F)c3)cc2N1. The number of aromatic nitrogens is 1. The fourth-order valence-electron chi connectivity index (χ4n) is 3.32. The number of hydrogen-bond acceptors (Lipinski definition) is 5. The van der Waals surface area contributed by atoms with Crippen LogP contribution in [0.2, 0.25) is 10.0 Å². The van der Waals surface area contributed by atoms with Gasteiger partial charge in [-0.3, -0.25) is 4.79 Å². The number of hydrogen-bond donors (Lipinski definition) is 1. The summed E-state index contributed by atoms with van der Waals surface area (Å²) in [6.07, 6.45) is 1.39. The van der Waals surface area contributed by atoms with Crippen molar-refractivity contribution in [2.45, 2.75) is 0 Å². The Bertz CT molecular complexity index is 1570. The van der Waals surface area contributed by atoms with Crippen molar-refractivity contribution in [3.05, 3.63) is 92.0 Å². The summed E-state index contributed by atoms with van der Waals surface area (Å²) in [5.74, 6) is -1.62. The number of carbonyl (C=O) groups is 1. The molecule has 1 aliphatic rings. The average Bonchev–Trinajstić information content (AvgIpc) is 3.23. The first-order valence-electron chi connectivity index (χ1n) is 10.1. The smallest absolute Gasteiger partial charge is 0.262 e. The quantitative estimate of drug-likeness (QED) is 0.317. The van der Waals surface area contributed by atoms with Gasteiger partial charge in [-0.2, -0.15) is 5.10 Å². The minimum absolute atomic E-state index is 0.0474. The molecule has 0 saturated heterocycles. The third-order valence-electron chi connectivity index (χ3n) is 4.99. The number of halogens is 4. The van der Waals surface area contributed by atoms with Crippen molar-refractivity contribution in [2.24, 2.45) is 10.1 Å². The van der Waals surface area contributed by atoms with Crippen LogP contribution in [0.4, 0.5) is 20.2 Å². The van der Waals surface area contributed by atoms with Gasteiger partial charge in [0.05, 0.1) is 28.3 Å². The van der Waals surface area contributed by atoms with Gasteiger partial charge in [0.15, 0.2) is 18.2 Å². The van der Waals surface area contributed by atoms with E-state index in [-0.39, 0.29) is 12.5 Å². The maximum absolute atomic E-state index is 13.7. The molecule has 4 aromatic rings. The van der Waals surface area contributed by atoms with Crippen LogP contribution in [0.3, 0.4) is 0 Å². The van der Waals surface area contributed by atoms with Crippen LogP contribution in [0.15, 0.2) is 70.1 Å². The molecule has 0 spiro atoms. The third-order valence-corrected chi connectivity index (χ3v) is 6.34. The topological polar surface area (TPSA) is 68.0 Å². The zero-order valence-corrected chi connectivity index (χ0v) is 20.0. The van der Waals surface area contributed by atoms with E-state index in [2.05, 4.69) is 15.4 Å². The van der Waals surface area contributed by atoms with Crippen LogP contribution >= 0.6 is 34.5 Å². The van der Waals surface area contributed by atoms with Gasteiger partial charge in [0.1, 0.15) is 5.75 Å². The summed E-state index contributed by atoms with van der Waals surface area (Å²) in [5, 5.41) is 9.93. The van der Waals surface area contributed by atoms with E-state index in [1.165, 1.54) is 23.6 Å². The molecular weight excluding hydrogens is 517 g/mol. The van der Waals surface area contributed by atoms with Gasteiger partial charge in [0.2, 0.25) is 4.80 Å². The van der Waals surface area contributed by atoms with Crippen molar-refractivity contribution in [3.8, 4) is 17.0 Å². The van der Waals surface area contributed by atoms with E-state index in [9.17, 15) is 13.6 Å². The molecule has 1 amide bonds. The van der Waals surface area contributed by atoms with Crippen LogP contribution in [-0.4, -0.2) is 23.4 Å². The third kappa shape index (κ3) is 4.97. The molecule has 2 heterocycles. The van der Waals surface area contributed by atoms with Gasteiger partial charge in [-0.25, -0.2) is 18.4 Å². The molecule has 11 heteroatoms. The number of rotatable bonds is 4. The molecule has 1 aliphatic heterocycles. The largest absolute Gasteiger partial charge is 0.482 e. The number of nitrogens with zero attached hydrogens (tertiary/aromatic N) is 3. The molecule has 0 fully saturated rings. The summed E-state index contributed by atoms with van der Waals surface area (Å²) in [7, 11) is 0. The zero-order valence-electron chi connectivity index (χ0n) is 17.6. The van der Waals surface area contributed by atoms with E-state index >= 15 is 0 Å². The Morgan fingerprint density at radius 1 is 1.06 bits per heavy atom. The highest BCUT2D eigenvalue weighted by Crippen LogP contribution is 2.33. The van der Waals surface area contributed by atoms with Crippen LogP contribution < -0.4 is 14.9 Å². The number of fused-ring (bicyclic) bond motifs is 1. The second kappa shape index (κ2) is 9.61. The van der Waals surface area contributed by atoms with Crippen molar-refractivity contribution in [2.75, 3.05) is 11.9 Å². The van der Waals surface area contributed by atoms with Crippen LogP contribution in [0, 0.1) is 11.6 Å². The molecule has 0 radical (unpaired) electrons. The summed E-state index contributed by atoms with van der Waals surface area (Å²) in [6, 6.07) is 13.7. The minimum Gasteiger partial charge on any atom is -0.482 e. The highest BCUT2D eigenvalue weighted by Gasteiger charge is 2.18. The molecule has 5 rings (SSSR count). The zero-order chi connectivity index (χ0) is 24.5. The molecule has 3 aromatic carbocycles. The predicted molar refractivity (Wildman–Crippen MR) is 133 cm³/mol. The van der Waals surface area contributed by atoms with Crippen molar-refractivity contribution < 1.29 is 18.3 Å². The molecule has 0 bridgehead atoms. The molecule has 176 valence electrons. The number of benzene rings is 3. The van der Waals surface area contributed by atoms with Crippen molar-refractivity contribution >= 4 is 58.0 Å². The van der Waals surface area contributed by atoms with Crippen LogP contribution in [0.5, 0.6) is 5.75 Å². The van der Waals surface area contributed by atoms with Crippen molar-refractivity contribution in [1.82, 2.24) is 4.68 Å². The molecule has 0 aliphatic carbocycles. The summed E-state index contributed by atoms with van der Waals surface area (Å²) in [4.78, 5) is 16.8. The van der Waals surface area contributed by atoms with E-state index < -0.39 is 11.6 Å². The number of anilines is 1. The second-order valence-corrected chi connectivity index (χ2v) is 9.07. The van der Waals surface area contributed by atoms with Gasteiger partial charge in [-0.05, 0) is 54.1 Å². The van der Waals surface area contributed by atoms with E-state index in [0.29, 0.717) is 43.2 Å². The number of carbonyl (C=O) groups excluding carboxylic acids is 1. The fraction of sp³-hybridized carbons (Fsp3) is 0.0417. The Morgan fingerprint density at radius 3 is 2.71 bits per heavy atom. The Balaban J connectivity index is 1.64. The van der Waals surface area contributed by atoms with Crippen molar-refractivity contribution in [1.29, 1.82) is 0 Å². The number of thiazole rings is 1. The standard InChI is InChI=1S/C24H14Cl2F2N4O2S/c25-15-3-5-19(16(26)9-15)31-24-32(29-10-13-1-4-17(27)18(28)7-13)21(12-35-24)14-2-6-22-20(8-14)30-23(33)11-34-22/h1-10,12H,11H2,(H,30,33). The van der Waals surface area contributed by atoms with Crippen molar-refractivity contribution in [3.63, 3.8) is 0 Å². The Kier molecular flexibility index (Phi) is 6.38. The number of nitrogens with one attached hydrogen (secondary N) is 1. The normalized spacial score (nSPS) is 13.6. The van der Waals surface area contributed by atoms with Crippen LogP contribution in [0.25, 0.3) is 11.3 Å². The molecule has 0 unspecified atom stereocenters. The summed E-state index contributed by atoms with van der Waals surface area (Å²) >= 11 is 13.6. The fourth-order valence-corrected chi connectivity index (χ4v) is 4.62. The van der Waals surface area contributed by atoms with Gasteiger partial charge in [-0.15, -0.1) is 11.3 Å². The second-order valence-electron chi connectivity index (χ2n) is 7.39. The Hall–Kier alpha value is -3.53. The molecule has 1 N–H and O–H groups in total. The van der Waals surface area contributed by atoms with E-state index in [0.717, 1.165) is 17.7 Å². The van der Waals surface area contributed by atoms with Crippen LogP contribution in [-0.2, 0) is 4.79 Å². The first kappa shape index (κ1) is 23.2. The van der Waals surface area contributed by atoms with Gasteiger partial charge < -0.3 is 10.1 Å². The van der Waals surface area contributed by atoms with E-state index in [4.69, 9.17) is 27.9 Å². The summed E-state index contributed by atoms with van der Waals surface area (Å²) in [5.41, 5.74) is 2.72. The lowest BCUT2D eigenvalue weighted by atomic mass is 10.1. The van der Waals surface area contributed by atoms with Crippen LogP contribution in [0.1, 0.15) is 5.56 Å². The predicted octanol–water partition coefficient (Wildman–Crippen LogP) is 6.25. The molecule has 35 heavy (non-hydrogen) atoms. The van der Waals surface area contributed by atoms with Gasteiger partial charge in [-0.1, -0.05) is 29.3 Å². The Morgan fingerprint density at radius 2 is 1.91 bits per heavy atom. The number of amides is 1. The summed E-state index contributed by atoms with van der Waals surface area (Å²) in [6.45, 7) is -0.0474. The van der Waals surface area contributed by atoms with Gasteiger partial charge in [0, 0.05) is 16.0 Å². The van der Waals surface area contributed by atoms with Gasteiger partial charge in [0.25, 0.3) is 5.91 Å². The lowest BCUT2D eigenvalue weighted by molar-refractivity contribution is -0.118. The summed E-state index contributed by atoms with van der Waals surface area (Å²) < 4.78 is 34.0. The molecule has 1 aromatic heterocycles. The van der Waals surface area contributed by atoms with E-state index in [1.54, 1.807) is 35.0 Å². The average molecular weight is 531 g/mol. The highest BCUT2D eigenvalue weighted by atomic mass is 35.5. The van der Waals surface area contributed by atoms with E-state index in [1.807, 2.05) is 11.4 Å². The maximum Gasteiger partial charge on any atom is 0.262 e. The molecule has 0 saturated carbocycles. The minimum atomic E-state index is -0.979. The number of ether oxygens (including phenoxy) is 1. The maximum atomic E-state index is 13.7. The van der Waals surface area contributed by atoms with Gasteiger partial charge >= 0.3 is 0 Å².